The lowest BCUT2D eigenvalue weighted by Gasteiger charge is -2.14. The Morgan fingerprint density at radius 3 is 3.00 bits per heavy atom. The Labute approximate surface area is 109 Å². The molecule has 1 aliphatic rings. The lowest BCUT2D eigenvalue weighted by Crippen LogP contribution is -2.28. The highest BCUT2D eigenvalue weighted by molar-refractivity contribution is 7.14. The van der Waals surface area contributed by atoms with Crippen LogP contribution in [0.25, 0.3) is 0 Å². The highest BCUT2D eigenvalue weighted by atomic mass is 32.1. The van der Waals surface area contributed by atoms with Crippen molar-refractivity contribution in [2.45, 2.75) is 19.4 Å². The molecule has 0 bridgehead atoms. The molecule has 2 rings (SSSR count). The minimum atomic E-state index is -0.895. The number of carbonyl (C=O) groups excluding carboxylic acids is 1. The number of fused-ring (bicyclic) bond motifs is 1. The van der Waals surface area contributed by atoms with E-state index in [2.05, 4.69) is 0 Å². The van der Waals surface area contributed by atoms with Gasteiger partial charge in [-0.2, -0.15) is 0 Å². The molecule has 0 fully saturated rings. The number of rotatable bonds is 4. The summed E-state index contributed by atoms with van der Waals surface area (Å²) in [6, 6.07) is 1.86. The SMILES string of the molecule is CN(CCC(=O)O)C(=O)c1cc2c(s1)CCOC2. The second-order valence-corrected chi connectivity index (χ2v) is 5.37. The molecule has 0 aromatic carbocycles. The Balaban J connectivity index is 2.04. The minimum Gasteiger partial charge on any atom is -0.481 e. The number of aliphatic carboxylic acids is 1. The number of thiophene rings is 1. The first-order valence-corrected chi connectivity index (χ1v) is 6.56. The average molecular weight is 269 g/mol. The zero-order chi connectivity index (χ0) is 13.1. The smallest absolute Gasteiger partial charge is 0.305 e. The fourth-order valence-electron chi connectivity index (χ4n) is 1.81. The lowest BCUT2D eigenvalue weighted by molar-refractivity contribution is -0.137. The van der Waals surface area contributed by atoms with Crippen LogP contribution >= 0.6 is 11.3 Å². The van der Waals surface area contributed by atoms with Gasteiger partial charge in [0.2, 0.25) is 0 Å². The number of hydrogen-bond acceptors (Lipinski definition) is 4. The molecule has 0 saturated heterocycles. The molecule has 2 heterocycles. The van der Waals surface area contributed by atoms with Crippen molar-refractivity contribution in [3.05, 3.63) is 21.4 Å². The summed E-state index contributed by atoms with van der Waals surface area (Å²) in [7, 11) is 1.63. The third-order valence-electron chi connectivity index (χ3n) is 2.85. The first kappa shape index (κ1) is 13.0. The molecular formula is C12H15NO4S. The van der Waals surface area contributed by atoms with Crippen LogP contribution < -0.4 is 0 Å². The molecule has 1 aromatic rings. The monoisotopic (exact) mass is 269 g/mol. The molecule has 0 unspecified atom stereocenters. The van der Waals surface area contributed by atoms with E-state index < -0.39 is 5.97 Å². The molecule has 18 heavy (non-hydrogen) atoms. The van der Waals surface area contributed by atoms with Gasteiger partial charge in [0.05, 0.1) is 24.5 Å². The highest BCUT2D eigenvalue weighted by Gasteiger charge is 2.20. The minimum absolute atomic E-state index is 0.0313. The van der Waals surface area contributed by atoms with Gasteiger partial charge in [-0.1, -0.05) is 0 Å². The Morgan fingerprint density at radius 1 is 1.56 bits per heavy atom. The quantitative estimate of drug-likeness (QED) is 0.896. The summed E-state index contributed by atoms with van der Waals surface area (Å²) in [6.45, 7) is 1.50. The molecule has 1 amide bonds. The predicted octanol–water partition coefficient (Wildman–Crippen LogP) is 1.37. The van der Waals surface area contributed by atoms with Crippen molar-refractivity contribution < 1.29 is 19.4 Å². The third-order valence-corrected chi connectivity index (χ3v) is 4.07. The summed E-state index contributed by atoms with van der Waals surface area (Å²) in [5.41, 5.74) is 1.08. The highest BCUT2D eigenvalue weighted by Crippen LogP contribution is 2.27. The first-order chi connectivity index (χ1) is 8.58. The van der Waals surface area contributed by atoms with Crippen molar-refractivity contribution in [2.75, 3.05) is 20.2 Å². The van der Waals surface area contributed by atoms with Gasteiger partial charge in [0.1, 0.15) is 0 Å². The third kappa shape index (κ3) is 2.88. The van der Waals surface area contributed by atoms with E-state index in [0.717, 1.165) is 12.0 Å². The topological polar surface area (TPSA) is 66.8 Å². The molecule has 0 radical (unpaired) electrons. The molecule has 98 valence electrons. The largest absolute Gasteiger partial charge is 0.481 e. The summed E-state index contributed by atoms with van der Waals surface area (Å²) in [5.74, 6) is -1.01. The first-order valence-electron chi connectivity index (χ1n) is 5.74. The van der Waals surface area contributed by atoms with Gasteiger partial charge < -0.3 is 14.7 Å². The number of carboxylic acids is 1. The van der Waals surface area contributed by atoms with E-state index in [1.807, 2.05) is 6.07 Å². The maximum atomic E-state index is 12.1. The second kappa shape index (κ2) is 5.49. The number of nitrogens with zero attached hydrogens (tertiary/aromatic N) is 1. The second-order valence-electron chi connectivity index (χ2n) is 4.23. The number of carboxylic acid groups (broad SMARTS) is 1. The maximum absolute atomic E-state index is 12.1. The van der Waals surface area contributed by atoms with E-state index in [9.17, 15) is 9.59 Å². The Bertz CT molecular complexity index is 445. The maximum Gasteiger partial charge on any atom is 0.305 e. The number of hydrogen-bond donors (Lipinski definition) is 1. The number of carbonyl (C=O) groups is 2. The molecule has 0 aliphatic carbocycles. The van der Waals surface area contributed by atoms with Crippen LogP contribution in [0.15, 0.2) is 6.07 Å². The summed E-state index contributed by atoms with van der Waals surface area (Å²) in [5, 5.41) is 8.60. The fraction of sp³-hybridized carbons (Fsp3) is 0.500. The molecule has 0 saturated carbocycles. The standard InChI is InChI=1S/C12H15NO4S/c1-13(4-2-11(14)15)12(16)10-6-8-7-17-5-3-9(8)18-10/h6H,2-5,7H2,1H3,(H,14,15). The Kier molecular flexibility index (Phi) is 3.98. The van der Waals surface area contributed by atoms with E-state index in [1.165, 1.54) is 21.1 Å². The van der Waals surface area contributed by atoms with Crippen molar-refractivity contribution >= 4 is 23.2 Å². The van der Waals surface area contributed by atoms with Gasteiger partial charge in [-0.25, -0.2) is 0 Å². The average Bonchev–Trinajstić information content (AvgIpc) is 2.78. The van der Waals surface area contributed by atoms with Gasteiger partial charge in [0.25, 0.3) is 5.91 Å². The number of ether oxygens (including phenoxy) is 1. The van der Waals surface area contributed by atoms with Gasteiger partial charge in [-0.3, -0.25) is 9.59 Å². The molecule has 1 N–H and O–H groups in total. The van der Waals surface area contributed by atoms with E-state index in [-0.39, 0.29) is 18.9 Å². The van der Waals surface area contributed by atoms with Gasteiger partial charge in [-0.05, 0) is 11.6 Å². The molecule has 5 nitrogen and oxygen atoms in total. The van der Waals surface area contributed by atoms with Crippen LogP contribution in [0.1, 0.15) is 26.5 Å². The van der Waals surface area contributed by atoms with E-state index in [0.29, 0.717) is 18.1 Å². The van der Waals surface area contributed by atoms with Gasteiger partial charge in [0, 0.05) is 24.9 Å². The lowest BCUT2D eigenvalue weighted by atomic mass is 10.2. The van der Waals surface area contributed by atoms with Crippen LogP contribution in [0.4, 0.5) is 0 Å². The van der Waals surface area contributed by atoms with Gasteiger partial charge in [-0.15, -0.1) is 11.3 Å². The van der Waals surface area contributed by atoms with Crippen LogP contribution in [0.2, 0.25) is 0 Å². The summed E-state index contributed by atoms with van der Waals surface area (Å²) < 4.78 is 5.33. The Morgan fingerprint density at radius 2 is 2.33 bits per heavy atom. The molecule has 0 spiro atoms. The Hall–Kier alpha value is -1.40. The molecule has 1 aliphatic heterocycles. The van der Waals surface area contributed by atoms with Gasteiger partial charge in [0.15, 0.2) is 0 Å². The van der Waals surface area contributed by atoms with Crippen LogP contribution in [0, 0.1) is 0 Å². The van der Waals surface area contributed by atoms with E-state index in [4.69, 9.17) is 9.84 Å². The van der Waals surface area contributed by atoms with Crippen molar-refractivity contribution in [3.63, 3.8) is 0 Å². The summed E-state index contributed by atoms with van der Waals surface area (Å²) in [4.78, 5) is 25.9. The molecule has 1 aromatic heterocycles. The predicted molar refractivity (Wildman–Crippen MR) is 66.9 cm³/mol. The van der Waals surface area contributed by atoms with E-state index in [1.54, 1.807) is 7.05 Å². The summed E-state index contributed by atoms with van der Waals surface area (Å²) in [6.07, 6.45) is 0.822. The van der Waals surface area contributed by atoms with E-state index >= 15 is 0 Å². The van der Waals surface area contributed by atoms with Crippen molar-refractivity contribution in [2.24, 2.45) is 0 Å². The molecule has 0 atom stereocenters. The number of amides is 1. The normalized spacial score (nSPS) is 14.1. The van der Waals surface area contributed by atoms with Crippen molar-refractivity contribution in [1.82, 2.24) is 4.90 Å². The van der Waals surface area contributed by atoms with Crippen molar-refractivity contribution in [3.8, 4) is 0 Å². The molecule has 6 heteroatoms. The van der Waals surface area contributed by atoms with Crippen LogP contribution in [0.3, 0.4) is 0 Å². The zero-order valence-electron chi connectivity index (χ0n) is 10.1. The summed E-state index contributed by atoms with van der Waals surface area (Å²) >= 11 is 1.49. The van der Waals surface area contributed by atoms with Gasteiger partial charge >= 0.3 is 5.97 Å². The van der Waals surface area contributed by atoms with Crippen LogP contribution in [0.5, 0.6) is 0 Å². The van der Waals surface area contributed by atoms with Crippen molar-refractivity contribution in [1.29, 1.82) is 0 Å². The van der Waals surface area contributed by atoms with Crippen LogP contribution in [-0.2, 0) is 22.6 Å². The fourth-order valence-corrected chi connectivity index (χ4v) is 2.95. The molecular weight excluding hydrogens is 254 g/mol. The van der Waals surface area contributed by atoms with Crippen LogP contribution in [-0.4, -0.2) is 42.1 Å². The zero-order valence-corrected chi connectivity index (χ0v) is 11.0.